The van der Waals surface area contributed by atoms with Crippen LogP contribution >= 0.6 is 0 Å². The van der Waals surface area contributed by atoms with Gasteiger partial charge in [-0.25, -0.2) is 4.79 Å². The third kappa shape index (κ3) is 4.02. The second-order valence-electron chi connectivity index (χ2n) is 3.90. The van der Waals surface area contributed by atoms with Crippen LogP contribution in [-0.4, -0.2) is 61.5 Å². The molecule has 1 aliphatic heterocycles. The van der Waals surface area contributed by atoms with Gasteiger partial charge in [0.05, 0.1) is 0 Å². The van der Waals surface area contributed by atoms with Gasteiger partial charge in [-0.2, -0.15) is 0 Å². The zero-order valence-electron chi connectivity index (χ0n) is 9.65. The maximum atomic E-state index is 11.1. The zero-order valence-corrected chi connectivity index (χ0v) is 9.65. The molecular formula is C11H18N2O3. The minimum atomic E-state index is -0.341. The number of amides is 1. The van der Waals surface area contributed by atoms with Crippen LogP contribution in [0.5, 0.6) is 0 Å². The molecule has 1 fully saturated rings. The predicted molar refractivity (Wildman–Crippen MR) is 59.9 cm³/mol. The van der Waals surface area contributed by atoms with Crippen molar-refractivity contribution in [1.82, 2.24) is 9.80 Å². The lowest BCUT2D eigenvalue weighted by Gasteiger charge is -2.32. The van der Waals surface area contributed by atoms with Crippen molar-refractivity contribution in [3.05, 3.63) is 12.2 Å². The summed E-state index contributed by atoms with van der Waals surface area (Å²) in [6.07, 6.45) is 0.873. The quantitative estimate of drug-likeness (QED) is 0.372. The number of carbonyl (C=O) groups is 2. The Kier molecular flexibility index (Phi) is 4.98. The number of ether oxygens (including phenoxy) is 1. The molecule has 0 spiro atoms. The van der Waals surface area contributed by atoms with Crippen LogP contribution in [-0.2, 0) is 14.3 Å². The highest BCUT2D eigenvalue weighted by Crippen LogP contribution is 1.99. The normalized spacial score (nSPS) is 16.9. The van der Waals surface area contributed by atoms with E-state index in [0.29, 0.717) is 18.7 Å². The summed E-state index contributed by atoms with van der Waals surface area (Å²) in [6, 6.07) is 0. The predicted octanol–water partition coefficient (Wildman–Crippen LogP) is -0.120. The lowest BCUT2D eigenvalue weighted by atomic mass is 10.3. The minimum Gasteiger partial charge on any atom is -0.461 e. The van der Waals surface area contributed by atoms with E-state index in [1.54, 1.807) is 11.8 Å². The smallest absolute Gasteiger partial charge is 0.333 e. The van der Waals surface area contributed by atoms with Crippen molar-refractivity contribution >= 4 is 12.4 Å². The summed E-state index contributed by atoms with van der Waals surface area (Å²) in [5, 5.41) is 0. The van der Waals surface area contributed by atoms with E-state index in [9.17, 15) is 9.59 Å². The van der Waals surface area contributed by atoms with Crippen molar-refractivity contribution < 1.29 is 14.3 Å². The third-order valence-corrected chi connectivity index (χ3v) is 2.55. The Morgan fingerprint density at radius 1 is 1.38 bits per heavy atom. The first-order chi connectivity index (χ1) is 7.63. The molecule has 0 aromatic carbocycles. The fourth-order valence-electron chi connectivity index (χ4n) is 1.48. The average Bonchev–Trinajstić information content (AvgIpc) is 2.29. The van der Waals surface area contributed by atoms with Gasteiger partial charge < -0.3 is 9.64 Å². The lowest BCUT2D eigenvalue weighted by molar-refractivity contribution is -0.139. The van der Waals surface area contributed by atoms with E-state index in [1.807, 2.05) is 0 Å². The van der Waals surface area contributed by atoms with Crippen LogP contribution < -0.4 is 0 Å². The summed E-state index contributed by atoms with van der Waals surface area (Å²) < 4.78 is 5.00. The largest absolute Gasteiger partial charge is 0.461 e. The maximum Gasteiger partial charge on any atom is 0.333 e. The van der Waals surface area contributed by atoms with Gasteiger partial charge in [-0.05, 0) is 6.92 Å². The molecule has 1 amide bonds. The van der Waals surface area contributed by atoms with Crippen LogP contribution in [0.4, 0.5) is 0 Å². The summed E-state index contributed by atoms with van der Waals surface area (Å²) in [6.45, 7) is 9.40. The Balaban J connectivity index is 2.13. The Hall–Kier alpha value is -1.36. The molecule has 0 atom stereocenters. The highest BCUT2D eigenvalue weighted by molar-refractivity contribution is 5.86. The van der Waals surface area contributed by atoms with Gasteiger partial charge >= 0.3 is 5.97 Å². The van der Waals surface area contributed by atoms with E-state index in [0.717, 1.165) is 32.6 Å². The van der Waals surface area contributed by atoms with E-state index < -0.39 is 0 Å². The van der Waals surface area contributed by atoms with Gasteiger partial charge in [0.2, 0.25) is 6.41 Å². The SMILES string of the molecule is C=C(C)C(=O)OCCN1CCN(C=O)CC1. The minimum absolute atomic E-state index is 0.341. The summed E-state index contributed by atoms with van der Waals surface area (Å²) in [5.74, 6) is -0.341. The molecule has 1 rings (SSSR count). The molecule has 0 aliphatic carbocycles. The Labute approximate surface area is 95.6 Å². The highest BCUT2D eigenvalue weighted by atomic mass is 16.5. The van der Waals surface area contributed by atoms with E-state index >= 15 is 0 Å². The molecular weight excluding hydrogens is 208 g/mol. The third-order valence-electron chi connectivity index (χ3n) is 2.55. The summed E-state index contributed by atoms with van der Waals surface area (Å²) in [4.78, 5) is 25.5. The lowest BCUT2D eigenvalue weighted by Crippen LogP contribution is -2.46. The number of rotatable bonds is 5. The van der Waals surface area contributed by atoms with Crippen molar-refractivity contribution in [1.29, 1.82) is 0 Å². The average molecular weight is 226 g/mol. The second-order valence-corrected chi connectivity index (χ2v) is 3.90. The van der Waals surface area contributed by atoms with Crippen molar-refractivity contribution in [2.24, 2.45) is 0 Å². The van der Waals surface area contributed by atoms with Crippen molar-refractivity contribution in [2.45, 2.75) is 6.92 Å². The first-order valence-electron chi connectivity index (χ1n) is 5.38. The molecule has 0 bridgehead atoms. The fourth-order valence-corrected chi connectivity index (χ4v) is 1.48. The molecule has 1 aliphatic rings. The number of hydrogen-bond donors (Lipinski definition) is 0. The van der Waals surface area contributed by atoms with Gasteiger partial charge in [0.15, 0.2) is 0 Å². The van der Waals surface area contributed by atoms with Gasteiger partial charge in [-0.3, -0.25) is 9.69 Å². The van der Waals surface area contributed by atoms with Crippen LogP contribution in [0.15, 0.2) is 12.2 Å². The van der Waals surface area contributed by atoms with Crippen LogP contribution in [0, 0.1) is 0 Å². The first-order valence-corrected chi connectivity index (χ1v) is 5.38. The van der Waals surface area contributed by atoms with Gasteiger partial charge in [-0.1, -0.05) is 6.58 Å². The number of hydrogen-bond acceptors (Lipinski definition) is 4. The van der Waals surface area contributed by atoms with Crippen LogP contribution in [0.25, 0.3) is 0 Å². The van der Waals surface area contributed by atoms with E-state index in [4.69, 9.17) is 4.74 Å². The van der Waals surface area contributed by atoms with E-state index in [-0.39, 0.29) is 5.97 Å². The molecule has 5 heteroatoms. The molecule has 0 aromatic rings. The monoisotopic (exact) mass is 226 g/mol. The Bertz CT molecular complexity index is 270. The van der Waals surface area contributed by atoms with E-state index in [2.05, 4.69) is 11.5 Å². The van der Waals surface area contributed by atoms with Crippen molar-refractivity contribution in [2.75, 3.05) is 39.3 Å². The molecule has 16 heavy (non-hydrogen) atoms. The highest BCUT2D eigenvalue weighted by Gasteiger charge is 2.15. The molecule has 0 N–H and O–H groups in total. The number of esters is 1. The topological polar surface area (TPSA) is 49.9 Å². The van der Waals surface area contributed by atoms with Crippen molar-refractivity contribution in [3.63, 3.8) is 0 Å². The van der Waals surface area contributed by atoms with Gasteiger partial charge in [-0.15, -0.1) is 0 Å². The summed E-state index contributed by atoms with van der Waals surface area (Å²) in [5.41, 5.74) is 0.422. The molecule has 5 nitrogen and oxygen atoms in total. The van der Waals surface area contributed by atoms with E-state index in [1.165, 1.54) is 0 Å². The molecule has 0 saturated carbocycles. The molecule has 0 unspecified atom stereocenters. The van der Waals surface area contributed by atoms with Gasteiger partial charge in [0.1, 0.15) is 6.61 Å². The fraction of sp³-hybridized carbons (Fsp3) is 0.636. The van der Waals surface area contributed by atoms with Crippen LogP contribution in [0.3, 0.4) is 0 Å². The zero-order chi connectivity index (χ0) is 12.0. The van der Waals surface area contributed by atoms with Gasteiger partial charge in [0.25, 0.3) is 0 Å². The van der Waals surface area contributed by atoms with Crippen LogP contribution in [0.1, 0.15) is 6.92 Å². The molecule has 90 valence electrons. The number of carbonyl (C=O) groups excluding carboxylic acids is 2. The Morgan fingerprint density at radius 3 is 2.50 bits per heavy atom. The second kappa shape index (κ2) is 6.27. The molecule has 0 radical (unpaired) electrons. The summed E-state index contributed by atoms with van der Waals surface area (Å²) in [7, 11) is 0. The molecule has 1 saturated heterocycles. The molecule has 1 heterocycles. The first kappa shape index (κ1) is 12.7. The summed E-state index contributed by atoms with van der Waals surface area (Å²) >= 11 is 0. The van der Waals surface area contributed by atoms with Crippen molar-refractivity contribution in [3.8, 4) is 0 Å². The maximum absolute atomic E-state index is 11.1. The Morgan fingerprint density at radius 2 is 2.00 bits per heavy atom. The molecule has 0 aromatic heterocycles. The standard InChI is InChI=1S/C11H18N2O3/c1-10(2)11(15)16-8-7-12-3-5-13(9-14)6-4-12/h9H,1,3-8H2,2H3. The van der Waals surface area contributed by atoms with Crippen LogP contribution in [0.2, 0.25) is 0 Å². The number of nitrogens with zero attached hydrogens (tertiary/aromatic N) is 2. The van der Waals surface area contributed by atoms with Gasteiger partial charge in [0, 0.05) is 38.3 Å². The number of piperazine rings is 1.